The van der Waals surface area contributed by atoms with Gasteiger partial charge in [-0.1, -0.05) is 5.21 Å². The van der Waals surface area contributed by atoms with Crippen LogP contribution in [0.3, 0.4) is 0 Å². The highest BCUT2D eigenvalue weighted by Gasteiger charge is 2.44. The summed E-state index contributed by atoms with van der Waals surface area (Å²) < 4.78 is 6.56. The molecule has 0 aromatic carbocycles. The maximum absolute atomic E-state index is 9.99. The van der Waals surface area contributed by atoms with Crippen LogP contribution in [0.1, 0.15) is 5.69 Å². The van der Waals surface area contributed by atoms with Gasteiger partial charge in [0.15, 0.2) is 11.4 Å². The third-order valence-electron chi connectivity index (χ3n) is 2.08. The number of hydrogen-bond acceptors (Lipinski definition) is 4. The summed E-state index contributed by atoms with van der Waals surface area (Å²) in [5.41, 5.74) is -0.519. The SMILES string of the molecule is OC12C=COC1=Cn1nncc12. The van der Waals surface area contributed by atoms with Crippen LogP contribution < -0.4 is 0 Å². The molecule has 1 aromatic rings. The number of aromatic nitrogens is 3. The molecule has 2 aliphatic rings. The maximum Gasteiger partial charge on any atom is 0.189 e. The van der Waals surface area contributed by atoms with Crippen molar-refractivity contribution in [2.24, 2.45) is 0 Å². The van der Waals surface area contributed by atoms with E-state index in [1.54, 1.807) is 12.3 Å². The summed E-state index contributed by atoms with van der Waals surface area (Å²) in [5, 5.41) is 17.4. The van der Waals surface area contributed by atoms with Crippen LogP contribution in [-0.4, -0.2) is 20.1 Å². The minimum Gasteiger partial charge on any atom is -0.464 e. The zero-order chi connectivity index (χ0) is 8.18. The molecular weight excluding hydrogens is 158 g/mol. The minimum atomic E-state index is -1.14. The molecule has 0 radical (unpaired) electrons. The summed E-state index contributed by atoms with van der Waals surface area (Å²) in [7, 11) is 0. The van der Waals surface area contributed by atoms with E-state index in [-0.39, 0.29) is 0 Å². The molecule has 1 atom stereocenters. The van der Waals surface area contributed by atoms with Crippen LogP contribution >= 0.6 is 0 Å². The molecule has 5 heteroatoms. The van der Waals surface area contributed by atoms with Crippen molar-refractivity contribution in [2.45, 2.75) is 5.60 Å². The topological polar surface area (TPSA) is 60.2 Å². The fourth-order valence-electron chi connectivity index (χ4n) is 1.44. The Morgan fingerprint density at radius 2 is 2.50 bits per heavy atom. The molecule has 3 rings (SSSR count). The lowest BCUT2D eigenvalue weighted by molar-refractivity contribution is 0.0997. The van der Waals surface area contributed by atoms with Gasteiger partial charge in [0.05, 0.1) is 18.7 Å². The predicted molar refractivity (Wildman–Crippen MR) is 38.4 cm³/mol. The molecular formula is C7H5N3O2. The molecule has 2 aliphatic heterocycles. The van der Waals surface area contributed by atoms with E-state index < -0.39 is 5.60 Å². The Balaban J connectivity index is 2.32. The first-order valence-electron chi connectivity index (χ1n) is 3.50. The number of ether oxygens (including phenoxy) is 1. The second-order valence-corrected chi connectivity index (χ2v) is 2.74. The van der Waals surface area contributed by atoms with E-state index in [2.05, 4.69) is 10.3 Å². The lowest BCUT2D eigenvalue weighted by Crippen LogP contribution is -2.20. The van der Waals surface area contributed by atoms with Crippen molar-refractivity contribution in [3.63, 3.8) is 0 Å². The third kappa shape index (κ3) is 0.464. The molecule has 1 aromatic heterocycles. The van der Waals surface area contributed by atoms with Gasteiger partial charge in [0.25, 0.3) is 0 Å². The lowest BCUT2D eigenvalue weighted by atomic mass is 10.0. The molecule has 12 heavy (non-hydrogen) atoms. The quantitative estimate of drug-likeness (QED) is 0.576. The molecule has 5 nitrogen and oxygen atoms in total. The number of fused-ring (bicyclic) bond motifs is 3. The Labute approximate surface area is 67.6 Å². The van der Waals surface area contributed by atoms with Crippen molar-refractivity contribution in [3.8, 4) is 0 Å². The molecule has 0 aliphatic carbocycles. The minimum absolute atomic E-state index is 0.479. The maximum atomic E-state index is 9.99. The summed E-state index contributed by atoms with van der Waals surface area (Å²) >= 11 is 0. The van der Waals surface area contributed by atoms with E-state index in [9.17, 15) is 5.11 Å². The highest BCUT2D eigenvalue weighted by Crippen LogP contribution is 2.40. The normalized spacial score (nSPS) is 29.6. The number of aliphatic hydroxyl groups is 1. The van der Waals surface area contributed by atoms with Gasteiger partial charge >= 0.3 is 0 Å². The Morgan fingerprint density at radius 3 is 3.42 bits per heavy atom. The highest BCUT2D eigenvalue weighted by atomic mass is 16.5. The summed E-state index contributed by atoms with van der Waals surface area (Å²) in [5.74, 6) is 0.479. The van der Waals surface area contributed by atoms with Crippen LogP contribution in [0, 0.1) is 0 Å². The van der Waals surface area contributed by atoms with Crippen LogP contribution in [0.25, 0.3) is 6.20 Å². The van der Waals surface area contributed by atoms with E-state index in [1.165, 1.54) is 17.1 Å². The first-order chi connectivity index (χ1) is 5.81. The fraction of sp³-hybridized carbons (Fsp3) is 0.143. The fourth-order valence-corrected chi connectivity index (χ4v) is 1.44. The van der Waals surface area contributed by atoms with Crippen LogP contribution in [0.5, 0.6) is 0 Å². The van der Waals surface area contributed by atoms with Crippen LogP contribution in [-0.2, 0) is 10.3 Å². The molecule has 1 unspecified atom stereocenters. The average Bonchev–Trinajstić information content (AvgIpc) is 2.62. The van der Waals surface area contributed by atoms with E-state index in [4.69, 9.17) is 4.74 Å². The van der Waals surface area contributed by atoms with Crippen LogP contribution in [0.4, 0.5) is 0 Å². The molecule has 0 amide bonds. The molecule has 0 saturated carbocycles. The monoisotopic (exact) mass is 163 g/mol. The average molecular weight is 163 g/mol. The van der Waals surface area contributed by atoms with E-state index in [0.29, 0.717) is 11.5 Å². The van der Waals surface area contributed by atoms with Gasteiger partial charge in [-0.15, -0.1) is 5.10 Å². The van der Waals surface area contributed by atoms with Crippen molar-refractivity contribution in [2.75, 3.05) is 0 Å². The van der Waals surface area contributed by atoms with E-state index >= 15 is 0 Å². The van der Waals surface area contributed by atoms with Crippen molar-refractivity contribution < 1.29 is 9.84 Å². The van der Waals surface area contributed by atoms with Crippen molar-refractivity contribution in [1.82, 2.24) is 15.0 Å². The van der Waals surface area contributed by atoms with E-state index in [1.807, 2.05) is 0 Å². The Bertz CT molecular complexity index is 407. The summed E-state index contributed by atoms with van der Waals surface area (Å²) in [4.78, 5) is 0. The predicted octanol–water partition coefficient (Wildman–Crippen LogP) is -0.178. The Morgan fingerprint density at radius 1 is 1.58 bits per heavy atom. The second-order valence-electron chi connectivity index (χ2n) is 2.74. The van der Waals surface area contributed by atoms with Crippen LogP contribution in [0.15, 0.2) is 24.3 Å². The van der Waals surface area contributed by atoms with Gasteiger partial charge in [0, 0.05) is 0 Å². The second kappa shape index (κ2) is 1.59. The molecule has 0 fully saturated rings. The largest absolute Gasteiger partial charge is 0.464 e. The molecule has 60 valence electrons. The number of rotatable bonds is 0. The number of hydrogen-bond donors (Lipinski definition) is 1. The van der Waals surface area contributed by atoms with Gasteiger partial charge in [-0.25, -0.2) is 4.68 Å². The zero-order valence-corrected chi connectivity index (χ0v) is 6.01. The van der Waals surface area contributed by atoms with Crippen molar-refractivity contribution in [1.29, 1.82) is 0 Å². The Hall–Kier alpha value is -1.62. The molecule has 0 spiro atoms. The Kier molecular flexibility index (Phi) is 0.788. The highest BCUT2D eigenvalue weighted by molar-refractivity contribution is 5.50. The number of nitrogens with zero attached hydrogens (tertiary/aromatic N) is 3. The van der Waals surface area contributed by atoms with Gasteiger partial charge in [-0.3, -0.25) is 0 Å². The van der Waals surface area contributed by atoms with Gasteiger partial charge in [0.2, 0.25) is 0 Å². The summed E-state index contributed by atoms with van der Waals surface area (Å²) in [6.07, 6.45) is 6.16. The van der Waals surface area contributed by atoms with Gasteiger partial charge in [0.1, 0.15) is 5.69 Å². The zero-order valence-electron chi connectivity index (χ0n) is 6.01. The smallest absolute Gasteiger partial charge is 0.189 e. The summed E-state index contributed by atoms with van der Waals surface area (Å²) in [6, 6.07) is 0. The lowest BCUT2D eigenvalue weighted by Gasteiger charge is -2.12. The molecule has 0 bridgehead atoms. The summed E-state index contributed by atoms with van der Waals surface area (Å²) in [6.45, 7) is 0. The van der Waals surface area contributed by atoms with Gasteiger partial charge < -0.3 is 9.84 Å². The molecule has 0 saturated heterocycles. The van der Waals surface area contributed by atoms with Gasteiger partial charge in [-0.2, -0.15) is 0 Å². The van der Waals surface area contributed by atoms with Crippen LogP contribution in [0.2, 0.25) is 0 Å². The van der Waals surface area contributed by atoms with Gasteiger partial charge in [-0.05, 0) is 6.08 Å². The van der Waals surface area contributed by atoms with Crippen molar-refractivity contribution in [3.05, 3.63) is 30.0 Å². The molecule has 3 heterocycles. The first kappa shape index (κ1) is 5.96. The molecule has 1 N–H and O–H groups in total. The first-order valence-corrected chi connectivity index (χ1v) is 3.50. The van der Waals surface area contributed by atoms with Crippen molar-refractivity contribution >= 4 is 6.20 Å². The third-order valence-corrected chi connectivity index (χ3v) is 2.08. The standard InChI is InChI=1S/C7H5N3O2/c11-7-1-2-12-6(7)4-10-5(7)3-8-9-10/h1-4,11H. The van der Waals surface area contributed by atoms with E-state index in [0.717, 1.165) is 0 Å².